The third kappa shape index (κ3) is 2.94. The number of nitrogens with zero attached hydrogens (tertiary/aromatic N) is 1. The van der Waals surface area contributed by atoms with E-state index in [1.807, 2.05) is 49.4 Å². The number of hydrogen-bond donors (Lipinski definition) is 1. The van der Waals surface area contributed by atoms with Crippen molar-refractivity contribution in [2.24, 2.45) is 0 Å². The van der Waals surface area contributed by atoms with Crippen LogP contribution in [0.2, 0.25) is 0 Å². The normalized spacial score (nSPS) is 10.8. The van der Waals surface area contributed by atoms with Crippen LogP contribution >= 0.6 is 11.5 Å². The van der Waals surface area contributed by atoms with E-state index in [0.29, 0.717) is 11.9 Å². The fraction of sp³-hybridized carbons (Fsp3) is 0.176. The highest BCUT2D eigenvalue weighted by Gasteiger charge is 2.10. The first-order chi connectivity index (χ1) is 10.6. The fourth-order valence-corrected chi connectivity index (χ4v) is 3.30. The van der Waals surface area contributed by atoms with E-state index in [0.717, 1.165) is 15.8 Å². The number of fused-ring (bicyclic) bond motifs is 1. The van der Waals surface area contributed by atoms with E-state index in [1.54, 1.807) is 6.07 Å². The highest BCUT2D eigenvalue weighted by Crippen LogP contribution is 2.15. The van der Waals surface area contributed by atoms with E-state index in [1.165, 1.54) is 15.5 Å². The lowest BCUT2D eigenvalue weighted by atomic mass is 10.1. The maximum absolute atomic E-state index is 12.2. The van der Waals surface area contributed by atoms with Gasteiger partial charge in [-0.1, -0.05) is 47.9 Å². The highest BCUT2D eigenvalue weighted by molar-refractivity contribution is 7.13. The minimum absolute atomic E-state index is 0.0596. The van der Waals surface area contributed by atoms with Gasteiger partial charge in [0.2, 0.25) is 5.91 Å². The maximum Gasteiger partial charge on any atom is 0.268 e. The second kappa shape index (κ2) is 6.15. The highest BCUT2D eigenvalue weighted by atomic mass is 32.1. The van der Waals surface area contributed by atoms with Gasteiger partial charge in [-0.2, -0.15) is 0 Å². The second-order valence-corrected chi connectivity index (χ2v) is 6.20. The lowest BCUT2D eigenvalue weighted by Crippen LogP contribution is -2.29. The molecule has 0 bridgehead atoms. The van der Waals surface area contributed by atoms with E-state index in [4.69, 9.17) is 0 Å². The maximum atomic E-state index is 12.2. The minimum Gasteiger partial charge on any atom is -0.350 e. The molecule has 112 valence electrons. The summed E-state index contributed by atoms with van der Waals surface area (Å²) in [4.78, 5) is 24.2. The molecule has 0 saturated heterocycles. The molecule has 0 radical (unpaired) electrons. The molecule has 0 spiro atoms. The molecule has 3 rings (SSSR count). The van der Waals surface area contributed by atoms with Crippen LogP contribution in [0.25, 0.3) is 10.1 Å². The van der Waals surface area contributed by atoms with Crippen LogP contribution in [0.3, 0.4) is 0 Å². The van der Waals surface area contributed by atoms with Gasteiger partial charge in [-0.3, -0.25) is 13.5 Å². The van der Waals surface area contributed by atoms with Crippen LogP contribution in [0.4, 0.5) is 0 Å². The summed E-state index contributed by atoms with van der Waals surface area (Å²) in [5.74, 6) is -0.156. The summed E-state index contributed by atoms with van der Waals surface area (Å²) in [7, 11) is 0. The van der Waals surface area contributed by atoms with E-state index in [2.05, 4.69) is 5.32 Å². The molecular formula is C17H16N2O2S. The van der Waals surface area contributed by atoms with Gasteiger partial charge in [0.25, 0.3) is 5.56 Å². The summed E-state index contributed by atoms with van der Waals surface area (Å²) in [5.41, 5.74) is 2.12. The van der Waals surface area contributed by atoms with Crippen LogP contribution in [-0.2, 0) is 17.9 Å². The molecule has 1 aromatic heterocycles. The Labute approximate surface area is 132 Å². The molecule has 2 aromatic carbocycles. The molecule has 0 aliphatic heterocycles. The molecule has 4 nitrogen and oxygen atoms in total. The fourth-order valence-electron chi connectivity index (χ4n) is 2.31. The summed E-state index contributed by atoms with van der Waals surface area (Å²) >= 11 is 1.32. The van der Waals surface area contributed by atoms with E-state index in [9.17, 15) is 9.59 Å². The lowest BCUT2D eigenvalue weighted by molar-refractivity contribution is -0.121. The number of rotatable bonds is 4. The zero-order valence-corrected chi connectivity index (χ0v) is 13.0. The van der Waals surface area contributed by atoms with E-state index < -0.39 is 0 Å². The third-order valence-electron chi connectivity index (χ3n) is 3.58. The van der Waals surface area contributed by atoms with Crippen molar-refractivity contribution < 1.29 is 4.79 Å². The summed E-state index contributed by atoms with van der Waals surface area (Å²) < 4.78 is 2.40. The molecule has 0 aliphatic carbocycles. The van der Waals surface area contributed by atoms with Crippen molar-refractivity contribution in [3.05, 3.63) is 70.0 Å². The summed E-state index contributed by atoms with van der Waals surface area (Å²) in [6.07, 6.45) is 0. The van der Waals surface area contributed by atoms with Crippen LogP contribution in [-0.4, -0.2) is 9.86 Å². The molecule has 1 amide bonds. The summed E-state index contributed by atoms with van der Waals surface area (Å²) in [5, 5.41) is 3.53. The molecule has 3 aromatic rings. The Morgan fingerprint density at radius 1 is 1.14 bits per heavy atom. The Hall–Kier alpha value is -2.40. The Morgan fingerprint density at radius 3 is 2.64 bits per heavy atom. The van der Waals surface area contributed by atoms with Gasteiger partial charge in [0, 0.05) is 6.54 Å². The van der Waals surface area contributed by atoms with Crippen molar-refractivity contribution in [2.45, 2.75) is 20.0 Å². The molecule has 0 unspecified atom stereocenters. The Balaban J connectivity index is 1.70. The standard InChI is InChI=1S/C17H16N2O2S/c1-12-6-2-3-7-13(12)10-18-16(20)11-19-17(21)14-8-4-5-9-15(14)22-19/h2-9H,10-11H2,1H3,(H,18,20). The van der Waals surface area contributed by atoms with Crippen molar-refractivity contribution in [1.29, 1.82) is 0 Å². The molecule has 0 aliphatic rings. The SMILES string of the molecule is Cc1ccccc1CNC(=O)Cn1sc2ccccc2c1=O. The van der Waals surface area contributed by atoms with Gasteiger partial charge in [-0.25, -0.2) is 0 Å². The quantitative estimate of drug-likeness (QED) is 0.805. The average molecular weight is 312 g/mol. The van der Waals surface area contributed by atoms with E-state index >= 15 is 0 Å². The first kappa shape index (κ1) is 14.5. The van der Waals surface area contributed by atoms with Crippen molar-refractivity contribution in [2.75, 3.05) is 0 Å². The van der Waals surface area contributed by atoms with Crippen molar-refractivity contribution in [3.63, 3.8) is 0 Å². The third-order valence-corrected chi connectivity index (χ3v) is 4.65. The Kier molecular flexibility index (Phi) is 4.06. The zero-order valence-electron chi connectivity index (χ0n) is 12.2. The molecule has 0 saturated carbocycles. The van der Waals surface area contributed by atoms with Gasteiger partial charge >= 0.3 is 0 Å². The molecule has 1 heterocycles. The smallest absolute Gasteiger partial charge is 0.268 e. The van der Waals surface area contributed by atoms with Crippen LogP contribution in [0.5, 0.6) is 0 Å². The van der Waals surface area contributed by atoms with Crippen molar-refractivity contribution in [1.82, 2.24) is 9.27 Å². The van der Waals surface area contributed by atoms with Gasteiger partial charge in [0.1, 0.15) is 6.54 Å². The monoisotopic (exact) mass is 312 g/mol. The number of aromatic nitrogens is 1. The molecule has 22 heavy (non-hydrogen) atoms. The summed E-state index contributed by atoms with van der Waals surface area (Å²) in [6.45, 7) is 2.55. The topological polar surface area (TPSA) is 51.1 Å². The van der Waals surface area contributed by atoms with Gasteiger partial charge in [0.15, 0.2) is 0 Å². The van der Waals surface area contributed by atoms with Gasteiger partial charge in [-0.05, 0) is 30.2 Å². The second-order valence-electron chi connectivity index (χ2n) is 5.13. The van der Waals surface area contributed by atoms with Crippen molar-refractivity contribution >= 4 is 27.5 Å². The van der Waals surface area contributed by atoms with Gasteiger partial charge in [0.05, 0.1) is 10.1 Å². The number of benzene rings is 2. The summed E-state index contributed by atoms with van der Waals surface area (Å²) in [6, 6.07) is 15.3. The van der Waals surface area contributed by atoms with E-state index in [-0.39, 0.29) is 18.0 Å². The Morgan fingerprint density at radius 2 is 1.86 bits per heavy atom. The number of carbonyl (C=O) groups excluding carboxylic acids is 1. The van der Waals surface area contributed by atoms with Gasteiger partial charge < -0.3 is 5.32 Å². The van der Waals surface area contributed by atoms with Crippen LogP contribution in [0.1, 0.15) is 11.1 Å². The number of amides is 1. The first-order valence-electron chi connectivity index (χ1n) is 7.05. The predicted octanol–water partition coefficient (Wildman–Crippen LogP) is 2.69. The molecule has 5 heteroatoms. The molecular weight excluding hydrogens is 296 g/mol. The van der Waals surface area contributed by atoms with Crippen LogP contribution < -0.4 is 10.9 Å². The first-order valence-corrected chi connectivity index (χ1v) is 7.82. The number of carbonyl (C=O) groups is 1. The Bertz CT molecular complexity index is 879. The van der Waals surface area contributed by atoms with Crippen molar-refractivity contribution in [3.8, 4) is 0 Å². The lowest BCUT2D eigenvalue weighted by Gasteiger charge is -2.07. The van der Waals surface area contributed by atoms with Crippen LogP contribution in [0.15, 0.2) is 53.3 Å². The largest absolute Gasteiger partial charge is 0.350 e. The number of hydrogen-bond acceptors (Lipinski definition) is 3. The number of nitrogens with one attached hydrogen (secondary N) is 1. The number of aryl methyl sites for hydroxylation is 1. The molecule has 1 N–H and O–H groups in total. The molecule has 0 atom stereocenters. The minimum atomic E-state index is -0.156. The predicted molar refractivity (Wildman–Crippen MR) is 89.1 cm³/mol. The average Bonchev–Trinajstić information content (AvgIpc) is 2.83. The zero-order chi connectivity index (χ0) is 15.5. The van der Waals surface area contributed by atoms with Gasteiger partial charge in [-0.15, -0.1) is 0 Å². The van der Waals surface area contributed by atoms with Crippen LogP contribution in [0, 0.1) is 6.92 Å². The molecule has 0 fully saturated rings.